The zero-order chi connectivity index (χ0) is 21.8. The first-order chi connectivity index (χ1) is 14.9. The van der Waals surface area contributed by atoms with Gasteiger partial charge in [0.15, 0.2) is 0 Å². The second-order valence-electron chi connectivity index (χ2n) is 6.46. The minimum atomic E-state index is -4.49. The molecule has 0 aliphatic rings. The zero-order valence-electron chi connectivity index (χ0n) is 15.8. The summed E-state index contributed by atoms with van der Waals surface area (Å²) < 4.78 is 39.0. The lowest BCUT2D eigenvalue weighted by atomic mass is 10.1. The van der Waals surface area contributed by atoms with Crippen molar-refractivity contribution in [2.24, 2.45) is 5.10 Å². The van der Waals surface area contributed by atoms with E-state index in [1.807, 2.05) is 35.7 Å². The molecule has 9 heteroatoms. The van der Waals surface area contributed by atoms with E-state index >= 15 is 0 Å². The normalized spacial score (nSPS) is 11.7. The van der Waals surface area contributed by atoms with E-state index in [9.17, 15) is 13.2 Å². The Bertz CT molecular complexity index is 1210. The van der Waals surface area contributed by atoms with E-state index in [1.165, 1.54) is 11.3 Å². The Morgan fingerprint density at radius 2 is 1.61 bits per heavy atom. The number of nitrogens with one attached hydrogen (secondary N) is 1. The average Bonchev–Trinajstić information content (AvgIpc) is 3.23. The number of aromatic nitrogens is 2. The molecule has 0 aliphatic heterocycles. The van der Waals surface area contributed by atoms with Crippen LogP contribution in [0, 0.1) is 0 Å². The zero-order valence-corrected chi connectivity index (χ0v) is 17.3. The number of rotatable bonds is 5. The topological polar surface area (TPSA) is 50.2 Å². The summed E-state index contributed by atoms with van der Waals surface area (Å²) in [4.78, 5) is 8.47. The summed E-state index contributed by atoms with van der Waals surface area (Å²) in [5.41, 5.74) is 5.36. The molecule has 0 aliphatic carbocycles. The maximum atomic E-state index is 13.0. The fourth-order valence-corrected chi connectivity index (χ4v) is 3.65. The Hall–Kier alpha value is -3.23. The molecule has 0 saturated heterocycles. The maximum absolute atomic E-state index is 13.0. The van der Waals surface area contributed by atoms with Crippen molar-refractivity contribution in [2.45, 2.75) is 6.18 Å². The molecule has 4 aromatic rings. The first-order valence-corrected chi connectivity index (χ1v) is 10.3. The molecule has 2 aromatic carbocycles. The van der Waals surface area contributed by atoms with Crippen LogP contribution in [0.4, 0.5) is 18.3 Å². The molecule has 1 N–H and O–H groups in total. The molecule has 156 valence electrons. The predicted molar refractivity (Wildman–Crippen MR) is 118 cm³/mol. The Morgan fingerprint density at radius 1 is 0.903 bits per heavy atom. The van der Waals surface area contributed by atoms with Gasteiger partial charge in [-0.2, -0.15) is 18.3 Å². The lowest BCUT2D eigenvalue weighted by molar-refractivity contribution is -0.137. The smallest absolute Gasteiger partial charge is 0.253 e. The Kier molecular flexibility index (Phi) is 6.01. The minimum absolute atomic E-state index is 0.151. The predicted octanol–water partition coefficient (Wildman–Crippen LogP) is 6.99. The number of hydrogen-bond acceptors (Lipinski definition) is 5. The molecule has 2 aromatic heterocycles. The number of alkyl halides is 3. The van der Waals surface area contributed by atoms with E-state index in [-0.39, 0.29) is 10.8 Å². The lowest BCUT2D eigenvalue weighted by Gasteiger charge is -2.09. The Morgan fingerprint density at radius 3 is 2.32 bits per heavy atom. The van der Waals surface area contributed by atoms with Gasteiger partial charge in [-0.1, -0.05) is 66.2 Å². The fraction of sp³-hybridized carbons (Fsp3) is 0.0455. The van der Waals surface area contributed by atoms with Crippen LogP contribution in [-0.4, -0.2) is 16.2 Å². The van der Waals surface area contributed by atoms with E-state index in [1.54, 1.807) is 30.5 Å². The highest BCUT2D eigenvalue weighted by Gasteiger charge is 2.31. The molecule has 0 radical (unpaired) electrons. The molecule has 0 fully saturated rings. The van der Waals surface area contributed by atoms with E-state index in [4.69, 9.17) is 11.6 Å². The SMILES string of the molecule is FC(F)(F)c1cc(Cl)nc(-c2ccc(C=NNc3nc(-c4ccccc4)cs3)cc2)c1. The fourth-order valence-electron chi connectivity index (χ4n) is 2.78. The van der Waals surface area contributed by atoms with Crippen molar-refractivity contribution in [2.75, 3.05) is 5.43 Å². The van der Waals surface area contributed by atoms with Crippen molar-refractivity contribution >= 4 is 34.3 Å². The third-order valence-electron chi connectivity index (χ3n) is 4.28. The first kappa shape index (κ1) is 21.0. The number of anilines is 1. The van der Waals surface area contributed by atoms with Crippen LogP contribution in [0.5, 0.6) is 0 Å². The van der Waals surface area contributed by atoms with Crippen LogP contribution < -0.4 is 5.43 Å². The molecule has 0 amide bonds. The highest BCUT2D eigenvalue weighted by Crippen LogP contribution is 2.33. The van der Waals surface area contributed by atoms with Gasteiger partial charge in [0.1, 0.15) is 5.15 Å². The van der Waals surface area contributed by atoms with Crippen molar-refractivity contribution in [1.82, 2.24) is 9.97 Å². The van der Waals surface area contributed by atoms with Crippen molar-refractivity contribution in [3.8, 4) is 22.5 Å². The largest absolute Gasteiger partial charge is 0.416 e. The molecule has 2 heterocycles. The van der Waals surface area contributed by atoms with Gasteiger partial charge in [0.2, 0.25) is 5.13 Å². The summed E-state index contributed by atoms with van der Waals surface area (Å²) in [6, 6.07) is 18.4. The number of hydrazone groups is 1. The first-order valence-electron chi connectivity index (χ1n) is 9.04. The van der Waals surface area contributed by atoms with Crippen molar-refractivity contribution in [3.63, 3.8) is 0 Å². The third-order valence-corrected chi connectivity index (χ3v) is 5.22. The molecule has 0 spiro atoms. The molecule has 4 rings (SSSR count). The molecular formula is C22H14ClF3N4S. The van der Waals surface area contributed by atoms with E-state index in [0.29, 0.717) is 10.7 Å². The van der Waals surface area contributed by atoms with E-state index < -0.39 is 11.7 Å². The molecule has 31 heavy (non-hydrogen) atoms. The van der Waals surface area contributed by atoms with Crippen molar-refractivity contribution in [1.29, 1.82) is 0 Å². The summed E-state index contributed by atoms with van der Waals surface area (Å²) in [7, 11) is 0. The number of benzene rings is 2. The number of thiazole rings is 1. The molecule has 4 nitrogen and oxygen atoms in total. The Labute approximate surface area is 185 Å². The van der Waals surface area contributed by atoms with E-state index in [2.05, 4.69) is 20.5 Å². The highest BCUT2D eigenvalue weighted by molar-refractivity contribution is 7.14. The van der Waals surface area contributed by atoms with E-state index in [0.717, 1.165) is 29.0 Å². The maximum Gasteiger partial charge on any atom is 0.416 e. The highest BCUT2D eigenvalue weighted by atomic mass is 35.5. The summed E-state index contributed by atoms with van der Waals surface area (Å²) in [5.74, 6) is 0. The van der Waals surface area contributed by atoms with Crippen LogP contribution in [-0.2, 0) is 6.18 Å². The van der Waals surface area contributed by atoms with Gasteiger partial charge < -0.3 is 0 Å². The summed E-state index contributed by atoms with van der Waals surface area (Å²) >= 11 is 7.19. The molecular weight excluding hydrogens is 445 g/mol. The monoisotopic (exact) mass is 458 g/mol. The number of hydrogen-bond donors (Lipinski definition) is 1. The van der Waals surface area contributed by atoms with Crippen LogP contribution in [0.1, 0.15) is 11.1 Å². The summed E-state index contributed by atoms with van der Waals surface area (Å²) in [6.07, 6.45) is -2.89. The van der Waals surface area contributed by atoms with Gasteiger partial charge in [-0.25, -0.2) is 9.97 Å². The third kappa shape index (κ3) is 5.28. The Balaban J connectivity index is 1.44. The van der Waals surface area contributed by atoms with Gasteiger partial charge in [0, 0.05) is 16.5 Å². The van der Waals surface area contributed by atoms with Gasteiger partial charge in [-0.15, -0.1) is 11.3 Å². The van der Waals surface area contributed by atoms with Crippen LogP contribution in [0.2, 0.25) is 5.15 Å². The molecule has 0 unspecified atom stereocenters. The number of nitrogens with zero attached hydrogens (tertiary/aromatic N) is 3. The van der Waals surface area contributed by atoms with Crippen LogP contribution >= 0.6 is 22.9 Å². The van der Waals surface area contributed by atoms with Crippen LogP contribution in [0.3, 0.4) is 0 Å². The second kappa shape index (κ2) is 8.87. The quantitative estimate of drug-likeness (QED) is 0.199. The molecule has 0 bridgehead atoms. The second-order valence-corrected chi connectivity index (χ2v) is 7.70. The minimum Gasteiger partial charge on any atom is -0.253 e. The van der Waals surface area contributed by atoms with Gasteiger partial charge in [-0.05, 0) is 17.7 Å². The number of halogens is 4. The number of pyridine rings is 1. The van der Waals surface area contributed by atoms with Crippen LogP contribution in [0.15, 0.2) is 77.2 Å². The van der Waals surface area contributed by atoms with Gasteiger partial charge in [0.25, 0.3) is 0 Å². The van der Waals surface area contributed by atoms with Gasteiger partial charge >= 0.3 is 6.18 Å². The van der Waals surface area contributed by atoms with Crippen molar-refractivity contribution in [3.05, 3.63) is 88.4 Å². The summed E-state index contributed by atoms with van der Waals surface area (Å²) in [5, 5.41) is 6.55. The van der Waals surface area contributed by atoms with Crippen LogP contribution in [0.25, 0.3) is 22.5 Å². The molecule has 0 saturated carbocycles. The summed E-state index contributed by atoms with van der Waals surface area (Å²) in [6.45, 7) is 0. The van der Waals surface area contributed by atoms with Gasteiger partial charge in [-0.3, -0.25) is 5.43 Å². The average molecular weight is 459 g/mol. The van der Waals surface area contributed by atoms with Crippen molar-refractivity contribution < 1.29 is 13.2 Å². The molecule has 0 atom stereocenters. The standard InChI is InChI=1S/C22H14ClF3N4S/c23-20-11-17(22(24,25)26)10-18(28-20)16-8-6-14(7-9-16)12-27-30-21-29-19(13-31-21)15-4-2-1-3-5-15/h1-13H,(H,29,30). The lowest BCUT2D eigenvalue weighted by Crippen LogP contribution is -2.05. The van der Waals surface area contributed by atoms with Gasteiger partial charge in [0.05, 0.1) is 23.2 Å².